The van der Waals surface area contributed by atoms with E-state index >= 15 is 0 Å². The molecule has 0 atom stereocenters. The first-order valence-corrected chi connectivity index (χ1v) is 6.58. The van der Waals surface area contributed by atoms with Crippen molar-refractivity contribution in [2.45, 2.75) is 19.9 Å². The lowest BCUT2D eigenvalue weighted by molar-refractivity contribution is -0.136. The van der Waals surface area contributed by atoms with Crippen LogP contribution in [0.4, 0.5) is 5.69 Å². The van der Waals surface area contributed by atoms with Crippen LogP contribution in [0.15, 0.2) is 48.8 Å². The summed E-state index contributed by atoms with van der Waals surface area (Å²) in [5, 5.41) is 8.89. The van der Waals surface area contributed by atoms with Gasteiger partial charge in [-0.1, -0.05) is 18.2 Å². The van der Waals surface area contributed by atoms with Gasteiger partial charge in [-0.05, 0) is 36.2 Å². The first-order valence-electron chi connectivity index (χ1n) is 6.58. The summed E-state index contributed by atoms with van der Waals surface area (Å²) in [6, 6.07) is 11.8. The molecule has 0 aliphatic rings. The highest BCUT2D eigenvalue weighted by Crippen LogP contribution is 2.18. The van der Waals surface area contributed by atoms with Gasteiger partial charge < -0.3 is 10.0 Å². The number of aryl methyl sites for hydroxylation is 1. The van der Waals surface area contributed by atoms with Crippen LogP contribution < -0.4 is 4.90 Å². The third kappa shape index (κ3) is 3.82. The van der Waals surface area contributed by atoms with E-state index < -0.39 is 5.97 Å². The van der Waals surface area contributed by atoms with Crippen molar-refractivity contribution in [3.8, 4) is 0 Å². The number of carboxylic acid groups (broad SMARTS) is 1. The van der Waals surface area contributed by atoms with Crippen molar-refractivity contribution in [1.82, 2.24) is 4.98 Å². The fourth-order valence-corrected chi connectivity index (χ4v) is 2.04. The molecule has 0 amide bonds. The zero-order valence-electron chi connectivity index (χ0n) is 11.5. The molecule has 1 aromatic heterocycles. The Morgan fingerprint density at radius 2 is 2.00 bits per heavy atom. The second-order valence-corrected chi connectivity index (χ2v) is 4.70. The minimum Gasteiger partial charge on any atom is -0.481 e. The van der Waals surface area contributed by atoms with Gasteiger partial charge in [-0.2, -0.15) is 0 Å². The Morgan fingerprint density at radius 1 is 1.25 bits per heavy atom. The molecule has 0 saturated carbocycles. The highest BCUT2D eigenvalue weighted by Gasteiger charge is 2.10. The van der Waals surface area contributed by atoms with E-state index in [2.05, 4.69) is 9.88 Å². The molecule has 2 rings (SSSR count). The van der Waals surface area contributed by atoms with Gasteiger partial charge in [0.2, 0.25) is 0 Å². The maximum atomic E-state index is 10.8. The fraction of sp³-hybridized carbons (Fsp3) is 0.250. The minimum atomic E-state index is -0.783. The topological polar surface area (TPSA) is 53.4 Å². The fourth-order valence-electron chi connectivity index (χ4n) is 2.04. The summed E-state index contributed by atoms with van der Waals surface area (Å²) in [5.41, 5.74) is 3.30. The molecule has 0 spiro atoms. The molecule has 0 saturated heterocycles. The average Bonchev–Trinajstić information content (AvgIpc) is 2.46. The van der Waals surface area contributed by atoms with Crippen molar-refractivity contribution >= 4 is 11.7 Å². The number of aromatic nitrogens is 1. The Hall–Kier alpha value is -2.36. The molecular weight excluding hydrogens is 252 g/mol. The number of hydrogen-bond donors (Lipinski definition) is 1. The Kier molecular flexibility index (Phi) is 4.71. The summed E-state index contributed by atoms with van der Waals surface area (Å²) in [5.74, 6) is -0.783. The SMILES string of the molecule is Cc1ccncc1CN(CCC(=O)O)c1ccccc1. The smallest absolute Gasteiger partial charge is 0.305 e. The van der Waals surface area contributed by atoms with Gasteiger partial charge in [0.1, 0.15) is 0 Å². The van der Waals surface area contributed by atoms with Crippen LogP contribution in [0.25, 0.3) is 0 Å². The van der Waals surface area contributed by atoms with Gasteiger partial charge in [-0.3, -0.25) is 9.78 Å². The zero-order valence-corrected chi connectivity index (χ0v) is 11.5. The molecule has 0 aliphatic heterocycles. The van der Waals surface area contributed by atoms with Crippen LogP contribution in [0, 0.1) is 6.92 Å². The highest BCUT2D eigenvalue weighted by atomic mass is 16.4. The van der Waals surface area contributed by atoms with E-state index in [9.17, 15) is 4.79 Å². The lowest BCUT2D eigenvalue weighted by Crippen LogP contribution is -2.26. The molecule has 104 valence electrons. The number of hydrogen-bond acceptors (Lipinski definition) is 3. The monoisotopic (exact) mass is 270 g/mol. The van der Waals surface area contributed by atoms with E-state index in [1.165, 1.54) is 0 Å². The molecule has 0 fully saturated rings. The molecule has 2 aromatic rings. The number of carbonyl (C=O) groups is 1. The summed E-state index contributed by atoms with van der Waals surface area (Å²) < 4.78 is 0. The number of para-hydroxylation sites is 1. The lowest BCUT2D eigenvalue weighted by Gasteiger charge is -2.25. The maximum absolute atomic E-state index is 10.8. The predicted octanol–water partition coefficient (Wildman–Crippen LogP) is 2.87. The van der Waals surface area contributed by atoms with Crippen molar-refractivity contribution in [3.63, 3.8) is 0 Å². The van der Waals surface area contributed by atoms with Crippen molar-refractivity contribution in [2.75, 3.05) is 11.4 Å². The molecular formula is C16H18N2O2. The standard InChI is InChI=1S/C16H18N2O2/c1-13-7-9-17-11-14(13)12-18(10-8-16(19)20)15-5-3-2-4-6-15/h2-7,9,11H,8,10,12H2,1H3,(H,19,20). The van der Waals surface area contributed by atoms with Crippen molar-refractivity contribution < 1.29 is 9.90 Å². The Bertz CT molecular complexity index is 570. The lowest BCUT2D eigenvalue weighted by atomic mass is 10.1. The second kappa shape index (κ2) is 6.70. The van der Waals surface area contributed by atoms with Gasteiger partial charge in [-0.25, -0.2) is 0 Å². The Labute approximate surface area is 118 Å². The first kappa shape index (κ1) is 14.1. The predicted molar refractivity (Wildman–Crippen MR) is 78.7 cm³/mol. The van der Waals surface area contributed by atoms with Crippen molar-refractivity contribution in [2.24, 2.45) is 0 Å². The molecule has 1 heterocycles. The van der Waals surface area contributed by atoms with Gasteiger partial charge >= 0.3 is 5.97 Å². The number of benzene rings is 1. The normalized spacial score (nSPS) is 10.2. The average molecular weight is 270 g/mol. The Balaban J connectivity index is 2.18. The minimum absolute atomic E-state index is 0.119. The summed E-state index contributed by atoms with van der Waals surface area (Å²) in [6.45, 7) is 3.18. The van der Waals surface area contributed by atoms with Crippen LogP contribution in [-0.2, 0) is 11.3 Å². The van der Waals surface area contributed by atoms with Crippen molar-refractivity contribution in [1.29, 1.82) is 0 Å². The Morgan fingerprint density at radius 3 is 2.65 bits per heavy atom. The molecule has 0 radical (unpaired) electrons. The van der Waals surface area contributed by atoms with E-state index in [0.717, 1.165) is 16.8 Å². The third-order valence-corrected chi connectivity index (χ3v) is 3.23. The van der Waals surface area contributed by atoms with Gasteiger partial charge in [0.05, 0.1) is 6.42 Å². The molecule has 1 N–H and O–H groups in total. The van der Waals surface area contributed by atoms with E-state index in [1.807, 2.05) is 49.5 Å². The number of aliphatic carboxylic acids is 1. The number of carboxylic acids is 1. The van der Waals surface area contributed by atoms with E-state index in [-0.39, 0.29) is 6.42 Å². The molecule has 0 bridgehead atoms. The molecule has 4 nitrogen and oxygen atoms in total. The quantitative estimate of drug-likeness (QED) is 0.877. The maximum Gasteiger partial charge on any atom is 0.305 e. The van der Waals surface area contributed by atoms with Crippen LogP contribution in [0.1, 0.15) is 17.5 Å². The van der Waals surface area contributed by atoms with Crippen molar-refractivity contribution in [3.05, 3.63) is 59.9 Å². The third-order valence-electron chi connectivity index (χ3n) is 3.23. The van der Waals surface area contributed by atoms with Crippen LogP contribution >= 0.6 is 0 Å². The molecule has 0 aliphatic carbocycles. The van der Waals surface area contributed by atoms with Crippen LogP contribution in [-0.4, -0.2) is 22.6 Å². The summed E-state index contributed by atoms with van der Waals surface area (Å²) in [7, 11) is 0. The number of nitrogens with zero attached hydrogens (tertiary/aromatic N) is 2. The van der Waals surface area contributed by atoms with Crippen LogP contribution in [0.3, 0.4) is 0 Å². The number of anilines is 1. The van der Waals surface area contributed by atoms with E-state index in [0.29, 0.717) is 13.1 Å². The zero-order chi connectivity index (χ0) is 14.4. The summed E-state index contributed by atoms with van der Waals surface area (Å²) in [6.07, 6.45) is 3.73. The number of rotatable bonds is 6. The van der Waals surface area contributed by atoms with Gasteiger partial charge in [0.25, 0.3) is 0 Å². The largest absolute Gasteiger partial charge is 0.481 e. The summed E-state index contributed by atoms with van der Waals surface area (Å²) in [4.78, 5) is 17.0. The van der Waals surface area contributed by atoms with Crippen LogP contribution in [0.5, 0.6) is 0 Å². The summed E-state index contributed by atoms with van der Waals surface area (Å²) >= 11 is 0. The molecule has 20 heavy (non-hydrogen) atoms. The van der Waals surface area contributed by atoms with Gasteiger partial charge in [0.15, 0.2) is 0 Å². The molecule has 0 unspecified atom stereocenters. The molecule has 1 aromatic carbocycles. The number of pyridine rings is 1. The highest BCUT2D eigenvalue weighted by molar-refractivity contribution is 5.67. The van der Waals surface area contributed by atoms with E-state index in [4.69, 9.17) is 5.11 Å². The van der Waals surface area contributed by atoms with Gasteiger partial charge in [-0.15, -0.1) is 0 Å². The van der Waals surface area contributed by atoms with Gasteiger partial charge in [0, 0.05) is 31.2 Å². The van der Waals surface area contributed by atoms with E-state index in [1.54, 1.807) is 6.20 Å². The molecule has 4 heteroatoms. The first-order chi connectivity index (χ1) is 9.66. The second-order valence-electron chi connectivity index (χ2n) is 4.70. The van der Waals surface area contributed by atoms with Crippen LogP contribution in [0.2, 0.25) is 0 Å².